The van der Waals surface area contributed by atoms with Crippen LogP contribution in [-0.4, -0.2) is 9.61 Å². The molecule has 176 valence electrons. The summed E-state index contributed by atoms with van der Waals surface area (Å²) in [4.78, 5) is 0. The minimum Gasteiger partial charge on any atom is -0.232 e. The number of para-hydroxylation sites is 1. The fourth-order valence-corrected chi connectivity index (χ4v) is 7.19. The van der Waals surface area contributed by atoms with Crippen LogP contribution in [-0.2, 0) is 5.41 Å². The first-order valence-electron chi connectivity index (χ1n) is 13.2. The van der Waals surface area contributed by atoms with Crippen molar-refractivity contribution < 1.29 is 0 Å². The molecule has 2 aromatic heterocycles. The lowest BCUT2D eigenvalue weighted by atomic mass is 9.70. The van der Waals surface area contributed by atoms with Crippen LogP contribution in [0.2, 0.25) is 0 Å². The van der Waals surface area contributed by atoms with Gasteiger partial charge in [0.05, 0.1) is 22.6 Å². The Labute approximate surface area is 220 Å². The van der Waals surface area contributed by atoms with E-state index in [0.717, 1.165) is 16.6 Å². The predicted octanol–water partition coefficient (Wildman–Crippen LogP) is 8.50. The van der Waals surface area contributed by atoms with Gasteiger partial charge in [-0.3, -0.25) is 0 Å². The van der Waals surface area contributed by atoms with Crippen LogP contribution in [0.15, 0.2) is 134 Å². The number of benzene rings is 5. The molecule has 9 rings (SSSR count). The highest BCUT2D eigenvalue weighted by Crippen LogP contribution is 2.63. The van der Waals surface area contributed by atoms with Crippen molar-refractivity contribution >= 4 is 16.4 Å². The van der Waals surface area contributed by atoms with E-state index in [9.17, 15) is 0 Å². The summed E-state index contributed by atoms with van der Waals surface area (Å²) < 4.78 is 2.07. The van der Waals surface area contributed by atoms with Crippen LogP contribution < -0.4 is 0 Å². The van der Waals surface area contributed by atoms with Crippen molar-refractivity contribution in [1.82, 2.24) is 9.61 Å². The molecule has 0 bridgehead atoms. The highest BCUT2D eigenvalue weighted by Gasteiger charge is 2.51. The van der Waals surface area contributed by atoms with E-state index in [1.807, 2.05) is 6.20 Å². The SMILES string of the molecule is c1ccc2c(c1)-c1ccccc1C21c2ccccc2-c2ccc(-c3cnn4c3ccc3ccccc34)cc21. The van der Waals surface area contributed by atoms with Gasteiger partial charge in [0.15, 0.2) is 0 Å². The smallest absolute Gasteiger partial charge is 0.0747 e. The Kier molecular flexibility index (Phi) is 3.76. The molecule has 0 fully saturated rings. The van der Waals surface area contributed by atoms with E-state index in [-0.39, 0.29) is 5.41 Å². The highest BCUT2D eigenvalue weighted by molar-refractivity contribution is 5.97. The van der Waals surface area contributed by atoms with E-state index in [1.165, 1.54) is 55.5 Å². The van der Waals surface area contributed by atoms with E-state index in [1.54, 1.807) is 0 Å². The number of hydrogen-bond acceptors (Lipinski definition) is 1. The van der Waals surface area contributed by atoms with Crippen molar-refractivity contribution in [2.24, 2.45) is 0 Å². The second-order valence-corrected chi connectivity index (χ2v) is 10.4. The number of hydrogen-bond donors (Lipinski definition) is 0. The summed E-state index contributed by atoms with van der Waals surface area (Å²) in [6, 6.07) is 46.7. The van der Waals surface area contributed by atoms with Gasteiger partial charge in [-0.15, -0.1) is 0 Å². The molecule has 0 aliphatic heterocycles. The summed E-state index contributed by atoms with van der Waals surface area (Å²) in [5, 5.41) is 6.03. The van der Waals surface area contributed by atoms with Crippen molar-refractivity contribution in [3.05, 3.63) is 156 Å². The minimum atomic E-state index is -0.329. The molecular weight excluding hydrogens is 460 g/mol. The molecule has 0 unspecified atom stereocenters. The molecule has 2 aliphatic carbocycles. The van der Waals surface area contributed by atoms with Crippen LogP contribution in [0.25, 0.3) is 49.8 Å². The summed E-state index contributed by atoms with van der Waals surface area (Å²) in [6.45, 7) is 0. The molecule has 0 radical (unpaired) electrons. The lowest BCUT2D eigenvalue weighted by Gasteiger charge is -2.30. The maximum absolute atomic E-state index is 4.83. The Morgan fingerprint density at radius 3 is 1.71 bits per heavy atom. The van der Waals surface area contributed by atoms with Gasteiger partial charge in [0, 0.05) is 10.9 Å². The van der Waals surface area contributed by atoms with Gasteiger partial charge in [-0.25, -0.2) is 4.52 Å². The van der Waals surface area contributed by atoms with Crippen LogP contribution in [0.5, 0.6) is 0 Å². The van der Waals surface area contributed by atoms with Gasteiger partial charge in [-0.05, 0) is 68.3 Å². The zero-order chi connectivity index (χ0) is 24.8. The third-order valence-electron chi connectivity index (χ3n) is 8.70. The average molecular weight is 483 g/mol. The van der Waals surface area contributed by atoms with Gasteiger partial charge in [-0.1, -0.05) is 109 Å². The zero-order valence-electron chi connectivity index (χ0n) is 20.6. The third kappa shape index (κ3) is 2.32. The maximum Gasteiger partial charge on any atom is 0.0747 e. The summed E-state index contributed by atoms with van der Waals surface area (Å²) in [5.74, 6) is 0. The summed E-state index contributed by atoms with van der Waals surface area (Å²) in [5.41, 5.74) is 15.1. The largest absolute Gasteiger partial charge is 0.232 e. The summed E-state index contributed by atoms with van der Waals surface area (Å²) in [6.07, 6.45) is 2.02. The van der Waals surface area contributed by atoms with E-state index in [4.69, 9.17) is 5.10 Å². The molecule has 0 saturated carbocycles. The second-order valence-electron chi connectivity index (χ2n) is 10.4. The van der Waals surface area contributed by atoms with Crippen LogP contribution in [0.3, 0.4) is 0 Å². The Morgan fingerprint density at radius 2 is 1.03 bits per heavy atom. The molecule has 38 heavy (non-hydrogen) atoms. The van der Waals surface area contributed by atoms with Gasteiger partial charge in [0.25, 0.3) is 0 Å². The fourth-order valence-electron chi connectivity index (χ4n) is 7.19. The Hall–Kier alpha value is -4.95. The van der Waals surface area contributed by atoms with Gasteiger partial charge in [0.2, 0.25) is 0 Å². The summed E-state index contributed by atoms with van der Waals surface area (Å²) in [7, 11) is 0. The minimum absolute atomic E-state index is 0.329. The molecule has 2 nitrogen and oxygen atoms in total. The molecule has 1 spiro atoms. The van der Waals surface area contributed by atoms with Crippen molar-refractivity contribution in [2.45, 2.75) is 5.41 Å². The van der Waals surface area contributed by atoms with E-state index in [0.29, 0.717) is 0 Å². The molecule has 0 N–H and O–H groups in total. The van der Waals surface area contributed by atoms with Gasteiger partial charge >= 0.3 is 0 Å². The van der Waals surface area contributed by atoms with Crippen molar-refractivity contribution in [2.75, 3.05) is 0 Å². The molecule has 7 aromatic rings. The normalized spacial score (nSPS) is 14.0. The molecule has 2 heteroatoms. The van der Waals surface area contributed by atoms with Gasteiger partial charge in [0.1, 0.15) is 0 Å². The van der Waals surface area contributed by atoms with E-state index >= 15 is 0 Å². The highest BCUT2D eigenvalue weighted by atomic mass is 15.2. The number of rotatable bonds is 1. The van der Waals surface area contributed by atoms with Crippen molar-refractivity contribution in [1.29, 1.82) is 0 Å². The fraction of sp³-hybridized carbons (Fsp3) is 0.0278. The summed E-state index contributed by atoms with van der Waals surface area (Å²) >= 11 is 0. The first-order valence-corrected chi connectivity index (χ1v) is 13.2. The third-order valence-corrected chi connectivity index (χ3v) is 8.70. The quantitative estimate of drug-likeness (QED) is 0.229. The number of fused-ring (bicyclic) bond motifs is 13. The standard InChI is InChI=1S/C36H22N2/c1-8-16-34-23(9-1)18-20-35-29(22-37-38(34)35)24-17-19-28-27-12-4-7-15-32(27)36(33(28)21-24)30-13-5-2-10-25(30)26-11-3-6-14-31(26)36/h1-22H. The van der Waals surface area contributed by atoms with Crippen LogP contribution in [0, 0.1) is 0 Å². The first kappa shape index (κ1) is 20.1. The average Bonchev–Trinajstić information content (AvgIpc) is 3.64. The first-order chi connectivity index (χ1) is 18.9. The van der Waals surface area contributed by atoms with E-state index < -0.39 is 0 Å². The molecule has 2 aliphatic rings. The molecule has 0 amide bonds. The number of aromatic nitrogens is 2. The molecule has 5 aromatic carbocycles. The Bertz CT molecular complexity index is 2030. The van der Waals surface area contributed by atoms with E-state index in [2.05, 4.69) is 132 Å². The zero-order valence-corrected chi connectivity index (χ0v) is 20.6. The monoisotopic (exact) mass is 482 g/mol. The topological polar surface area (TPSA) is 17.3 Å². The van der Waals surface area contributed by atoms with Gasteiger partial charge < -0.3 is 0 Å². The number of pyridine rings is 1. The van der Waals surface area contributed by atoms with Crippen LogP contribution in [0.4, 0.5) is 0 Å². The lowest BCUT2D eigenvalue weighted by molar-refractivity contribution is 0.794. The van der Waals surface area contributed by atoms with Crippen molar-refractivity contribution in [3.63, 3.8) is 0 Å². The molecular formula is C36H22N2. The maximum atomic E-state index is 4.83. The molecule has 0 atom stereocenters. The van der Waals surface area contributed by atoms with Crippen LogP contribution in [0.1, 0.15) is 22.3 Å². The van der Waals surface area contributed by atoms with Crippen LogP contribution >= 0.6 is 0 Å². The molecule has 0 saturated heterocycles. The Morgan fingerprint density at radius 1 is 0.447 bits per heavy atom. The predicted molar refractivity (Wildman–Crippen MR) is 154 cm³/mol. The second kappa shape index (κ2) is 7.08. The number of nitrogens with zero attached hydrogens (tertiary/aromatic N) is 2. The van der Waals surface area contributed by atoms with Gasteiger partial charge in [-0.2, -0.15) is 5.10 Å². The lowest BCUT2D eigenvalue weighted by Crippen LogP contribution is -2.25. The Balaban J connectivity index is 1.37. The molecule has 2 heterocycles. The van der Waals surface area contributed by atoms with Crippen molar-refractivity contribution in [3.8, 4) is 33.4 Å².